The molecule has 6 nitrogen and oxygen atoms in total. The molecule has 6 heteroatoms. The van der Waals surface area contributed by atoms with Crippen LogP contribution in [0.4, 0.5) is 5.69 Å². The Morgan fingerprint density at radius 1 is 0.848 bits per heavy atom. The standard InChI is InChI=1S/C27H36N2O4/c1-19(2)16-17-22(26(32)33-27(3,4)5)24(30)29-23(18-20-12-8-6-9-13-20)25(31)28-21-14-10-7-11-15-21/h6-15,19,22-23H,16-18H2,1-5H3,(H,28,31)(H,29,30)/t22?,23-/m0/s1. The summed E-state index contributed by atoms with van der Waals surface area (Å²) in [6.07, 6.45) is 1.35. The summed E-state index contributed by atoms with van der Waals surface area (Å²) < 4.78 is 5.51. The molecular formula is C27H36N2O4. The smallest absolute Gasteiger partial charge is 0.319 e. The zero-order valence-corrected chi connectivity index (χ0v) is 20.3. The summed E-state index contributed by atoms with van der Waals surface area (Å²) in [6.45, 7) is 9.39. The van der Waals surface area contributed by atoms with Crippen molar-refractivity contribution in [3.63, 3.8) is 0 Å². The lowest BCUT2D eigenvalue weighted by molar-refractivity contribution is -0.163. The topological polar surface area (TPSA) is 84.5 Å². The third kappa shape index (κ3) is 9.48. The maximum atomic E-state index is 13.2. The number of carbonyl (C=O) groups is 3. The number of nitrogens with one attached hydrogen (secondary N) is 2. The van der Waals surface area contributed by atoms with Gasteiger partial charge in [0.15, 0.2) is 0 Å². The fraction of sp³-hybridized carbons (Fsp3) is 0.444. The molecule has 1 unspecified atom stereocenters. The van der Waals surface area contributed by atoms with Crippen molar-refractivity contribution in [1.82, 2.24) is 5.32 Å². The Morgan fingerprint density at radius 3 is 1.97 bits per heavy atom. The SMILES string of the molecule is CC(C)CCC(C(=O)N[C@@H](Cc1ccccc1)C(=O)Nc1ccccc1)C(=O)OC(C)(C)C. The van der Waals surface area contributed by atoms with Gasteiger partial charge in [0, 0.05) is 12.1 Å². The van der Waals surface area contributed by atoms with Gasteiger partial charge >= 0.3 is 5.97 Å². The Morgan fingerprint density at radius 2 is 1.42 bits per heavy atom. The minimum absolute atomic E-state index is 0.302. The molecule has 2 rings (SSSR count). The fourth-order valence-corrected chi connectivity index (χ4v) is 3.31. The molecule has 0 saturated heterocycles. The van der Waals surface area contributed by atoms with Gasteiger partial charge in [0.05, 0.1) is 0 Å². The second-order valence-corrected chi connectivity index (χ2v) is 9.66. The van der Waals surface area contributed by atoms with E-state index in [0.717, 1.165) is 5.56 Å². The summed E-state index contributed by atoms with van der Waals surface area (Å²) in [5.41, 5.74) is 0.835. The summed E-state index contributed by atoms with van der Waals surface area (Å²) in [6, 6.07) is 17.7. The van der Waals surface area contributed by atoms with E-state index in [-0.39, 0.29) is 5.91 Å². The van der Waals surface area contributed by atoms with Crippen LogP contribution in [0.1, 0.15) is 53.0 Å². The van der Waals surface area contributed by atoms with E-state index in [0.29, 0.717) is 30.9 Å². The first kappa shape index (κ1) is 26.1. The molecule has 2 atom stereocenters. The maximum Gasteiger partial charge on any atom is 0.319 e. The second kappa shape index (κ2) is 12.2. The third-order valence-electron chi connectivity index (χ3n) is 5.00. The van der Waals surface area contributed by atoms with Crippen molar-refractivity contribution in [2.24, 2.45) is 11.8 Å². The van der Waals surface area contributed by atoms with E-state index < -0.39 is 29.4 Å². The number of esters is 1. The average Bonchev–Trinajstić information content (AvgIpc) is 2.73. The molecular weight excluding hydrogens is 416 g/mol. The molecule has 0 aliphatic carbocycles. The highest BCUT2D eigenvalue weighted by atomic mass is 16.6. The molecule has 0 saturated carbocycles. The summed E-state index contributed by atoms with van der Waals surface area (Å²) in [5.74, 6) is -2.06. The van der Waals surface area contributed by atoms with Crippen molar-refractivity contribution >= 4 is 23.5 Å². The number of hydrogen-bond donors (Lipinski definition) is 2. The summed E-state index contributed by atoms with van der Waals surface area (Å²) in [4.78, 5) is 39.2. The summed E-state index contributed by atoms with van der Waals surface area (Å²) in [5, 5.41) is 5.68. The van der Waals surface area contributed by atoms with Crippen LogP contribution in [0, 0.1) is 11.8 Å². The van der Waals surface area contributed by atoms with E-state index in [2.05, 4.69) is 10.6 Å². The zero-order valence-electron chi connectivity index (χ0n) is 20.3. The highest BCUT2D eigenvalue weighted by molar-refractivity contribution is 6.02. The lowest BCUT2D eigenvalue weighted by Crippen LogP contribution is -2.49. The number of rotatable bonds is 10. The Labute approximate surface area is 197 Å². The van der Waals surface area contributed by atoms with Crippen molar-refractivity contribution in [3.8, 4) is 0 Å². The number of amides is 2. The minimum Gasteiger partial charge on any atom is -0.459 e. The largest absolute Gasteiger partial charge is 0.459 e. The summed E-state index contributed by atoms with van der Waals surface area (Å²) in [7, 11) is 0. The first-order valence-electron chi connectivity index (χ1n) is 11.5. The molecule has 2 aromatic rings. The Balaban J connectivity index is 2.22. The van der Waals surface area contributed by atoms with Crippen molar-refractivity contribution in [1.29, 1.82) is 0 Å². The van der Waals surface area contributed by atoms with E-state index in [9.17, 15) is 14.4 Å². The van der Waals surface area contributed by atoms with Crippen molar-refractivity contribution in [3.05, 3.63) is 66.2 Å². The molecule has 0 spiro atoms. The van der Waals surface area contributed by atoms with Crippen LogP contribution in [0.5, 0.6) is 0 Å². The van der Waals surface area contributed by atoms with Gasteiger partial charge in [0.25, 0.3) is 0 Å². The molecule has 2 N–H and O–H groups in total. The van der Waals surface area contributed by atoms with Crippen LogP contribution >= 0.6 is 0 Å². The quantitative estimate of drug-likeness (QED) is 0.403. The number of carbonyl (C=O) groups excluding carboxylic acids is 3. The average molecular weight is 453 g/mol. The number of hydrogen-bond acceptors (Lipinski definition) is 4. The van der Waals surface area contributed by atoms with E-state index in [1.54, 1.807) is 32.9 Å². The molecule has 0 aromatic heterocycles. The monoisotopic (exact) mass is 452 g/mol. The Bertz CT molecular complexity index is 905. The van der Waals surface area contributed by atoms with E-state index in [4.69, 9.17) is 4.74 Å². The van der Waals surface area contributed by atoms with E-state index >= 15 is 0 Å². The van der Waals surface area contributed by atoms with Gasteiger partial charge in [-0.2, -0.15) is 0 Å². The van der Waals surface area contributed by atoms with Crippen LogP contribution in [0.3, 0.4) is 0 Å². The predicted molar refractivity (Wildman–Crippen MR) is 131 cm³/mol. The minimum atomic E-state index is -0.977. The lowest BCUT2D eigenvalue weighted by atomic mass is 9.95. The Kier molecular flexibility index (Phi) is 9.64. The lowest BCUT2D eigenvalue weighted by Gasteiger charge is -2.26. The number of para-hydroxylation sites is 1. The number of anilines is 1. The normalized spacial score (nSPS) is 13.2. The molecule has 0 heterocycles. The molecule has 0 aliphatic rings. The van der Waals surface area contributed by atoms with Crippen molar-refractivity contribution in [2.45, 2.75) is 65.5 Å². The molecule has 0 aliphatic heterocycles. The van der Waals surface area contributed by atoms with Crippen LogP contribution in [0.2, 0.25) is 0 Å². The third-order valence-corrected chi connectivity index (χ3v) is 5.00. The molecule has 0 radical (unpaired) electrons. The first-order valence-corrected chi connectivity index (χ1v) is 11.5. The van der Waals surface area contributed by atoms with Crippen LogP contribution in [-0.4, -0.2) is 29.4 Å². The van der Waals surface area contributed by atoms with Gasteiger partial charge in [-0.1, -0.05) is 62.4 Å². The van der Waals surface area contributed by atoms with Crippen LogP contribution in [-0.2, 0) is 25.5 Å². The van der Waals surface area contributed by atoms with Crippen LogP contribution in [0.25, 0.3) is 0 Å². The molecule has 0 fully saturated rings. The maximum absolute atomic E-state index is 13.2. The van der Waals surface area contributed by atoms with Crippen LogP contribution < -0.4 is 10.6 Å². The molecule has 2 aromatic carbocycles. The molecule has 178 valence electrons. The summed E-state index contributed by atoms with van der Waals surface area (Å²) >= 11 is 0. The first-order chi connectivity index (χ1) is 15.5. The van der Waals surface area contributed by atoms with E-state index in [1.807, 2.05) is 62.4 Å². The highest BCUT2D eigenvalue weighted by Crippen LogP contribution is 2.19. The molecule has 0 bridgehead atoms. The zero-order chi connectivity index (χ0) is 24.4. The van der Waals surface area contributed by atoms with Gasteiger partial charge in [-0.15, -0.1) is 0 Å². The van der Waals surface area contributed by atoms with Gasteiger partial charge in [-0.25, -0.2) is 0 Å². The number of ether oxygens (including phenoxy) is 1. The number of benzene rings is 2. The second-order valence-electron chi connectivity index (χ2n) is 9.66. The van der Waals surface area contributed by atoms with Gasteiger partial charge in [-0.05, 0) is 57.2 Å². The van der Waals surface area contributed by atoms with Crippen LogP contribution in [0.15, 0.2) is 60.7 Å². The van der Waals surface area contributed by atoms with Crippen molar-refractivity contribution < 1.29 is 19.1 Å². The highest BCUT2D eigenvalue weighted by Gasteiger charge is 2.33. The van der Waals surface area contributed by atoms with Gasteiger partial charge < -0.3 is 15.4 Å². The fourth-order valence-electron chi connectivity index (χ4n) is 3.31. The van der Waals surface area contributed by atoms with Gasteiger partial charge in [0.2, 0.25) is 11.8 Å². The van der Waals surface area contributed by atoms with Gasteiger partial charge in [-0.3, -0.25) is 14.4 Å². The van der Waals surface area contributed by atoms with E-state index in [1.165, 1.54) is 0 Å². The van der Waals surface area contributed by atoms with Gasteiger partial charge in [0.1, 0.15) is 17.6 Å². The van der Waals surface area contributed by atoms with Crippen molar-refractivity contribution in [2.75, 3.05) is 5.32 Å². The Hall–Kier alpha value is -3.15. The molecule has 33 heavy (non-hydrogen) atoms. The molecule has 2 amide bonds. The predicted octanol–water partition coefficient (Wildman–Crippen LogP) is 4.75.